The van der Waals surface area contributed by atoms with Crippen LogP contribution in [0.1, 0.15) is 38.2 Å². The first kappa shape index (κ1) is 15.1. The molecule has 0 atom stereocenters. The summed E-state index contributed by atoms with van der Waals surface area (Å²) < 4.78 is 5.98. The molecule has 2 aromatic carbocycles. The predicted molar refractivity (Wildman–Crippen MR) is 93.4 cm³/mol. The molecule has 2 aromatic rings. The minimum absolute atomic E-state index is 0.578. The number of rotatable bonds is 6. The van der Waals surface area contributed by atoms with Crippen molar-refractivity contribution in [3.63, 3.8) is 0 Å². The van der Waals surface area contributed by atoms with E-state index in [1.807, 2.05) is 6.92 Å². The number of hydrogen-bond acceptors (Lipinski definition) is 2. The van der Waals surface area contributed by atoms with Crippen molar-refractivity contribution in [1.29, 1.82) is 0 Å². The van der Waals surface area contributed by atoms with E-state index in [1.54, 1.807) is 0 Å². The molecule has 0 saturated heterocycles. The van der Waals surface area contributed by atoms with Crippen molar-refractivity contribution in [2.75, 3.05) is 6.61 Å². The first-order valence-electron chi connectivity index (χ1n) is 8.25. The van der Waals surface area contributed by atoms with Crippen LogP contribution in [0.15, 0.2) is 48.6 Å². The summed E-state index contributed by atoms with van der Waals surface area (Å²) in [5.74, 6) is 0.979. The van der Waals surface area contributed by atoms with Crippen LogP contribution in [0.25, 0.3) is 10.8 Å². The molecule has 2 nitrogen and oxygen atoms in total. The van der Waals surface area contributed by atoms with Gasteiger partial charge in [0.25, 0.3) is 0 Å². The summed E-state index contributed by atoms with van der Waals surface area (Å²) in [5.41, 5.74) is 2.31. The molecule has 0 unspecified atom stereocenters. The Morgan fingerprint density at radius 1 is 1.18 bits per heavy atom. The van der Waals surface area contributed by atoms with E-state index < -0.39 is 0 Å². The van der Waals surface area contributed by atoms with E-state index in [1.165, 1.54) is 42.0 Å². The van der Waals surface area contributed by atoms with Crippen LogP contribution >= 0.6 is 0 Å². The summed E-state index contributed by atoms with van der Waals surface area (Å²) in [6.45, 7) is 7.38. The molecule has 0 amide bonds. The largest absolute Gasteiger partial charge is 0.489 e. The van der Waals surface area contributed by atoms with Gasteiger partial charge in [0.15, 0.2) is 0 Å². The van der Waals surface area contributed by atoms with Crippen LogP contribution in [-0.2, 0) is 6.54 Å². The van der Waals surface area contributed by atoms with Gasteiger partial charge in [0, 0.05) is 18.2 Å². The van der Waals surface area contributed by atoms with Crippen molar-refractivity contribution in [1.82, 2.24) is 5.32 Å². The lowest BCUT2D eigenvalue weighted by Gasteiger charge is -2.17. The molecule has 22 heavy (non-hydrogen) atoms. The normalized spacial score (nSPS) is 15.3. The van der Waals surface area contributed by atoms with Gasteiger partial charge < -0.3 is 10.1 Å². The van der Waals surface area contributed by atoms with Gasteiger partial charge in [0.05, 0.1) is 0 Å². The lowest BCUT2D eigenvalue weighted by atomic mass is 10.0. The highest BCUT2D eigenvalue weighted by atomic mass is 16.5. The zero-order valence-corrected chi connectivity index (χ0v) is 13.4. The summed E-state index contributed by atoms with van der Waals surface area (Å²) in [7, 11) is 0. The molecule has 0 bridgehead atoms. The van der Waals surface area contributed by atoms with Crippen LogP contribution in [0.5, 0.6) is 5.75 Å². The Balaban J connectivity index is 1.87. The van der Waals surface area contributed by atoms with Crippen molar-refractivity contribution in [3.8, 4) is 5.75 Å². The molecule has 0 aromatic heterocycles. The van der Waals surface area contributed by atoms with Gasteiger partial charge in [-0.3, -0.25) is 0 Å². The summed E-state index contributed by atoms with van der Waals surface area (Å²) in [5, 5.41) is 6.27. The molecule has 2 heteroatoms. The number of benzene rings is 2. The highest BCUT2D eigenvalue weighted by Crippen LogP contribution is 2.29. The zero-order chi connectivity index (χ0) is 15.4. The van der Waals surface area contributed by atoms with Crippen LogP contribution in [0, 0.1) is 0 Å². The van der Waals surface area contributed by atoms with Crippen molar-refractivity contribution in [3.05, 3.63) is 54.1 Å². The number of ether oxygens (including phenoxy) is 1. The number of fused-ring (bicyclic) bond motifs is 1. The Morgan fingerprint density at radius 2 is 1.95 bits per heavy atom. The van der Waals surface area contributed by atoms with Crippen molar-refractivity contribution in [2.45, 2.75) is 45.2 Å². The molecule has 1 fully saturated rings. The quantitative estimate of drug-likeness (QED) is 0.771. The number of nitrogens with one attached hydrogen (secondary N) is 1. The second kappa shape index (κ2) is 6.97. The first-order valence-corrected chi connectivity index (χ1v) is 8.25. The van der Waals surface area contributed by atoms with Crippen molar-refractivity contribution >= 4 is 10.8 Å². The van der Waals surface area contributed by atoms with E-state index >= 15 is 0 Å². The van der Waals surface area contributed by atoms with E-state index in [0.717, 1.165) is 17.9 Å². The minimum atomic E-state index is 0.578. The van der Waals surface area contributed by atoms with E-state index in [4.69, 9.17) is 4.74 Å². The smallest absolute Gasteiger partial charge is 0.124 e. The molecule has 1 saturated carbocycles. The predicted octanol–water partition coefficient (Wildman–Crippen LogP) is 4.83. The molecule has 1 aliphatic rings. The summed E-state index contributed by atoms with van der Waals surface area (Å²) >= 11 is 0. The lowest BCUT2D eigenvalue weighted by molar-refractivity contribution is 0.347. The standard InChI is InChI=1S/C20H25NO/c1-15(2)14-22-20-12-11-16-7-3-6-10-18(16)19(20)13-21-17-8-4-5-9-17/h3,6-7,10-12,17,21H,1,4-5,8-9,13-14H2,2H3. The molecule has 0 radical (unpaired) electrons. The van der Waals surface area contributed by atoms with Gasteiger partial charge >= 0.3 is 0 Å². The molecule has 0 spiro atoms. The molecule has 1 aliphatic carbocycles. The highest BCUT2D eigenvalue weighted by Gasteiger charge is 2.16. The van der Waals surface area contributed by atoms with Crippen LogP contribution in [0.4, 0.5) is 0 Å². The number of hydrogen-bond donors (Lipinski definition) is 1. The SMILES string of the molecule is C=C(C)COc1ccc2ccccc2c1CNC1CCCC1. The maximum absolute atomic E-state index is 5.98. The minimum Gasteiger partial charge on any atom is -0.489 e. The van der Waals surface area contributed by atoms with E-state index in [2.05, 4.69) is 48.3 Å². The topological polar surface area (TPSA) is 21.3 Å². The van der Waals surface area contributed by atoms with Crippen LogP contribution in [0.3, 0.4) is 0 Å². The summed E-state index contributed by atoms with van der Waals surface area (Å²) in [6, 6.07) is 13.4. The average molecular weight is 295 g/mol. The van der Waals surface area contributed by atoms with E-state index in [9.17, 15) is 0 Å². The molecule has 0 heterocycles. The van der Waals surface area contributed by atoms with E-state index in [-0.39, 0.29) is 0 Å². The maximum atomic E-state index is 5.98. The fourth-order valence-electron chi connectivity index (χ4n) is 3.21. The molecular formula is C20H25NO. The third kappa shape index (κ3) is 3.50. The Labute approximate surface area is 133 Å². The van der Waals surface area contributed by atoms with Gasteiger partial charge in [-0.25, -0.2) is 0 Å². The van der Waals surface area contributed by atoms with Gasteiger partial charge in [0.2, 0.25) is 0 Å². The second-order valence-corrected chi connectivity index (χ2v) is 6.37. The Kier molecular flexibility index (Phi) is 4.79. The summed E-state index contributed by atoms with van der Waals surface area (Å²) in [6.07, 6.45) is 5.30. The second-order valence-electron chi connectivity index (χ2n) is 6.37. The fraction of sp³-hybridized carbons (Fsp3) is 0.400. The molecule has 116 valence electrons. The van der Waals surface area contributed by atoms with Crippen molar-refractivity contribution < 1.29 is 4.74 Å². The molecule has 3 rings (SSSR count). The summed E-state index contributed by atoms with van der Waals surface area (Å²) in [4.78, 5) is 0. The van der Waals surface area contributed by atoms with Crippen LogP contribution in [-0.4, -0.2) is 12.6 Å². The molecule has 0 aliphatic heterocycles. The van der Waals surface area contributed by atoms with Gasteiger partial charge in [-0.2, -0.15) is 0 Å². The van der Waals surface area contributed by atoms with Gasteiger partial charge in [-0.05, 0) is 42.2 Å². The van der Waals surface area contributed by atoms with Crippen molar-refractivity contribution in [2.24, 2.45) is 0 Å². The van der Waals surface area contributed by atoms with Crippen LogP contribution in [0.2, 0.25) is 0 Å². The lowest BCUT2D eigenvalue weighted by Crippen LogP contribution is -2.25. The Morgan fingerprint density at radius 3 is 2.73 bits per heavy atom. The Hall–Kier alpha value is -1.80. The average Bonchev–Trinajstić information content (AvgIpc) is 3.04. The monoisotopic (exact) mass is 295 g/mol. The Bertz CT molecular complexity index is 656. The van der Waals surface area contributed by atoms with Gasteiger partial charge in [0.1, 0.15) is 12.4 Å². The maximum Gasteiger partial charge on any atom is 0.124 e. The third-order valence-electron chi connectivity index (χ3n) is 4.39. The van der Waals surface area contributed by atoms with Gasteiger partial charge in [-0.15, -0.1) is 0 Å². The fourth-order valence-corrected chi connectivity index (χ4v) is 3.21. The molecular weight excluding hydrogens is 270 g/mol. The zero-order valence-electron chi connectivity index (χ0n) is 13.4. The molecule has 1 N–H and O–H groups in total. The van der Waals surface area contributed by atoms with Gasteiger partial charge in [-0.1, -0.05) is 49.8 Å². The van der Waals surface area contributed by atoms with Crippen LogP contribution < -0.4 is 10.1 Å². The first-order chi connectivity index (χ1) is 10.7. The highest BCUT2D eigenvalue weighted by molar-refractivity contribution is 5.87. The third-order valence-corrected chi connectivity index (χ3v) is 4.39. The van der Waals surface area contributed by atoms with E-state index in [0.29, 0.717) is 12.6 Å².